The van der Waals surface area contributed by atoms with Gasteiger partial charge in [0.05, 0.1) is 7.11 Å². The summed E-state index contributed by atoms with van der Waals surface area (Å²) in [5.74, 6) is -0.323. The number of methoxy groups -OCH3 is 1. The van der Waals surface area contributed by atoms with Gasteiger partial charge in [-0.25, -0.2) is 4.79 Å². The number of phenols is 1. The average Bonchev–Trinajstić information content (AvgIpc) is 2.81. The molecule has 1 aliphatic rings. The van der Waals surface area contributed by atoms with Gasteiger partial charge in [0.25, 0.3) is 5.91 Å². The number of aromatic hydroxyl groups is 1. The molecule has 0 bridgehead atoms. The lowest BCUT2D eigenvalue weighted by molar-refractivity contribution is -0.146. The number of nitrogens with zero attached hydrogens (tertiary/aromatic N) is 1. The van der Waals surface area contributed by atoms with E-state index in [0.29, 0.717) is 17.0 Å². The molecule has 0 saturated heterocycles. The van der Waals surface area contributed by atoms with E-state index in [1.54, 1.807) is 69.2 Å². The van der Waals surface area contributed by atoms with Crippen molar-refractivity contribution in [3.8, 4) is 11.5 Å². The molecule has 0 radical (unpaired) electrons. The van der Waals surface area contributed by atoms with Gasteiger partial charge in [-0.15, -0.1) is 0 Å². The fourth-order valence-electron chi connectivity index (χ4n) is 4.27. The summed E-state index contributed by atoms with van der Waals surface area (Å²) in [5.41, 5.74) is 0.372. The second kappa shape index (κ2) is 12.2. The minimum atomic E-state index is -0.989. The van der Waals surface area contributed by atoms with Crippen LogP contribution in [0.15, 0.2) is 48.5 Å². The molecule has 0 aromatic heterocycles. The monoisotopic (exact) mass is 525 g/mol. The highest BCUT2D eigenvalue weighted by Crippen LogP contribution is 2.35. The maximum atomic E-state index is 14.2. The molecule has 1 aliphatic carbocycles. The summed E-state index contributed by atoms with van der Waals surface area (Å²) in [5, 5.41) is 15.5. The quantitative estimate of drug-likeness (QED) is 0.424. The molecule has 9 heteroatoms. The third kappa shape index (κ3) is 7.40. The van der Waals surface area contributed by atoms with E-state index in [-0.39, 0.29) is 23.6 Å². The zero-order chi connectivity index (χ0) is 28.0. The zero-order valence-corrected chi connectivity index (χ0v) is 23.0. The van der Waals surface area contributed by atoms with Crippen LogP contribution in [0.3, 0.4) is 0 Å². The van der Waals surface area contributed by atoms with E-state index in [4.69, 9.17) is 9.47 Å². The molecule has 0 aliphatic heterocycles. The van der Waals surface area contributed by atoms with Gasteiger partial charge in [0.1, 0.15) is 29.2 Å². The van der Waals surface area contributed by atoms with Crippen LogP contribution in [0.5, 0.6) is 11.5 Å². The highest BCUT2D eigenvalue weighted by Gasteiger charge is 2.42. The van der Waals surface area contributed by atoms with Crippen molar-refractivity contribution in [3.05, 3.63) is 54.1 Å². The average molecular weight is 526 g/mol. The molecule has 3 amide bonds. The van der Waals surface area contributed by atoms with E-state index in [9.17, 15) is 19.5 Å². The number of alkyl carbamates (subject to hydrolysis) is 1. The number of ether oxygens (including phenoxy) is 2. The molecule has 3 N–H and O–H groups in total. The standard InChI is InChI=1S/C29H39N3O6/c1-18(2)24(31-28(36)38-29(3,4)5)27(35)32(21-8-7-9-21)25(19-10-14-22(33)15-11-19)26(34)30-20-12-16-23(37-6)17-13-20/h10-18,21,24-25,33H,7-9H2,1-6H3,(H,30,34)(H,31,36). The van der Waals surface area contributed by atoms with Gasteiger partial charge in [-0.2, -0.15) is 0 Å². The SMILES string of the molecule is COc1ccc(NC(=O)C(c2ccc(O)cc2)N(C(=O)C(NC(=O)OC(C)(C)C)C(C)C)C2CCC2)cc1. The number of carbonyl (C=O) groups excluding carboxylic acids is 3. The Hall–Kier alpha value is -3.75. The first-order chi connectivity index (χ1) is 17.9. The lowest BCUT2D eigenvalue weighted by atomic mass is 9.87. The molecule has 2 unspecified atom stereocenters. The Morgan fingerprint density at radius 3 is 2.08 bits per heavy atom. The van der Waals surface area contributed by atoms with Crippen LogP contribution in [-0.4, -0.2) is 52.7 Å². The fraction of sp³-hybridized carbons (Fsp3) is 0.483. The topological polar surface area (TPSA) is 117 Å². The number of hydrogen-bond donors (Lipinski definition) is 3. The van der Waals surface area contributed by atoms with Gasteiger partial charge in [0.2, 0.25) is 5.91 Å². The summed E-state index contributed by atoms with van der Waals surface area (Å²) in [7, 11) is 1.56. The Labute approximate surface area is 224 Å². The number of rotatable bonds is 9. The number of benzene rings is 2. The van der Waals surface area contributed by atoms with Crippen LogP contribution in [0.1, 0.15) is 65.5 Å². The van der Waals surface area contributed by atoms with Crippen molar-refractivity contribution in [2.75, 3.05) is 12.4 Å². The summed E-state index contributed by atoms with van der Waals surface area (Å²) >= 11 is 0. The molecule has 3 rings (SSSR count). The summed E-state index contributed by atoms with van der Waals surface area (Å²) in [6, 6.07) is 11.1. The fourth-order valence-corrected chi connectivity index (χ4v) is 4.27. The second-order valence-corrected chi connectivity index (χ2v) is 10.9. The molecule has 9 nitrogen and oxygen atoms in total. The summed E-state index contributed by atoms with van der Waals surface area (Å²) in [4.78, 5) is 42.2. The summed E-state index contributed by atoms with van der Waals surface area (Å²) in [6.45, 7) is 8.94. The Bertz CT molecular complexity index is 1100. The Morgan fingerprint density at radius 2 is 1.61 bits per heavy atom. The van der Waals surface area contributed by atoms with Crippen molar-refractivity contribution >= 4 is 23.6 Å². The van der Waals surface area contributed by atoms with Gasteiger partial charge in [0, 0.05) is 11.7 Å². The molecule has 1 fully saturated rings. The Morgan fingerprint density at radius 1 is 1.00 bits per heavy atom. The predicted molar refractivity (Wildman–Crippen MR) is 145 cm³/mol. The predicted octanol–water partition coefficient (Wildman–Crippen LogP) is 5.01. The molecular formula is C29H39N3O6. The van der Waals surface area contributed by atoms with Crippen LogP contribution in [0.4, 0.5) is 10.5 Å². The lowest BCUT2D eigenvalue weighted by Gasteiger charge is -2.44. The van der Waals surface area contributed by atoms with E-state index < -0.39 is 29.7 Å². The van der Waals surface area contributed by atoms with Gasteiger partial charge < -0.3 is 30.1 Å². The summed E-state index contributed by atoms with van der Waals surface area (Å²) in [6.07, 6.45) is 1.73. The molecule has 2 atom stereocenters. The third-order valence-electron chi connectivity index (χ3n) is 6.42. The Balaban J connectivity index is 1.98. The third-order valence-corrected chi connectivity index (χ3v) is 6.42. The van der Waals surface area contributed by atoms with Crippen LogP contribution >= 0.6 is 0 Å². The van der Waals surface area contributed by atoms with Crippen molar-refractivity contribution in [2.45, 2.75) is 77.6 Å². The minimum absolute atomic E-state index is 0.0521. The maximum absolute atomic E-state index is 14.2. The van der Waals surface area contributed by atoms with E-state index in [2.05, 4.69) is 10.6 Å². The van der Waals surface area contributed by atoms with Crippen LogP contribution < -0.4 is 15.4 Å². The van der Waals surface area contributed by atoms with Gasteiger partial charge in [-0.05, 0) is 87.9 Å². The molecule has 2 aromatic carbocycles. The van der Waals surface area contributed by atoms with Crippen LogP contribution in [0.2, 0.25) is 0 Å². The number of anilines is 1. The first kappa shape index (κ1) is 28.8. The van der Waals surface area contributed by atoms with Crippen LogP contribution in [0, 0.1) is 5.92 Å². The highest BCUT2D eigenvalue weighted by molar-refractivity contribution is 5.99. The molecule has 2 aromatic rings. The normalized spacial score (nSPS) is 15.1. The minimum Gasteiger partial charge on any atom is -0.508 e. The van der Waals surface area contributed by atoms with Gasteiger partial charge in [0.15, 0.2) is 0 Å². The van der Waals surface area contributed by atoms with E-state index in [1.165, 1.54) is 12.1 Å². The van der Waals surface area contributed by atoms with Gasteiger partial charge in [-0.3, -0.25) is 9.59 Å². The first-order valence-corrected chi connectivity index (χ1v) is 12.9. The number of phenolic OH excluding ortho intramolecular Hbond substituents is 1. The van der Waals surface area contributed by atoms with Crippen molar-refractivity contribution in [1.82, 2.24) is 10.2 Å². The van der Waals surface area contributed by atoms with Gasteiger partial charge >= 0.3 is 6.09 Å². The largest absolute Gasteiger partial charge is 0.508 e. The lowest BCUT2D eigenvalue weighted by Crippen LogP contribution is -2.58. The van der Waals surface area contributed by atoms with Crippen molar-refractivity contribution < 1.29 is 29.0 Å². The Kier molecular flexibility index (Phi) is 9.25. The number of nitrogens with one attached hydrogen (secondary N) is 2. The van der Waals surface area contributed by atoms with E-state index in [1.807, 2.05) is 13.8 Å². The number of carbonyl (C=O) groups is 3. The smallest absolute Gasteiger partial charge is 0.408 e. The van der Waals surface area contributed by atoms with E-state index in [0.717, 1.165) is 19.3 Å². The second-order valence-electron chi connectivity index (χ2n) is 10.9. The highest BCUT2D eigenvalue weighted by atomic mass is 16.6. The van der Waals surface area contributed by atoms with Gasteiger partial charge in [-0.1, -0.05) is 26.0 Å². The zero-order valence-electron chi connectivity index (χ0n) is 23.0. The number of amides is 3. The maximum Gasteiger partial charge on any atom is 0.408 e. The first-order valence-electron chi connectivity index (χ1n) is 12.9. The molecular weight excluding hydrogens is 486 g/mol. The van der Waals surface area contributed by atoms with E-state index >= 15 is 0 Å². The van der Waals surface area contributed by atoms with Crippen LogP contribution in [0.25, 0.3) is 0 Å². The van der Waals surface area contributed by atoms with Crippen molar-refractivity contribution in [3.63, 3.8) is 0 Å². The molecule has 0 spiro atoms. The van der Waals surface area contributed by atoms with Crippen molar-refractivity contribution in [1.29, 1.82) is 0 Å². The number of hydrogen-bond acceptors (Lipinski definition) is 6. The molecule has 38 heavy (non-hydrogen) atoms. The molecule has 1 saturated carbocycles. The molecule has 206 valence electrons. The summed E-state index contributed by atoms with van der Waals surface area (Å²) < 4.78 is 10.6. The van der Waals surface area contributed by atoms with Crippen molar-refractivity contribution in [2.24, 2.45) is 5.92 Å². The van der Waals surface area contributed by atoms with Crippen LogP contribution in [-0.2, 0) is 14.3 Å². The molecule has 0 heterocycles.